The van der Waals surface area contributed by atoms with Gasteiger partial charge in [0.15, 0.2) is 0 Å². The van der Waals surface area contributed by atoms with Gasteiger partial charge in [0.2, 0.25) is 5.91 Å². The molecule has 4 rings (SSSR count). The molecular weight excluding hydrogens is 314 g/mol. The molecule has 1 aromatic rings. The van der Waals surface area contributed by atoms with Crippen LogP contribution < -0.4 is 5.32 Å². The van der Waals surface area contributed by atoms with E-state index in [9.17, 15) is 4.79 Å². The topological polar surface area (TPSA) is 29.1 Å². The molecule has 3 aliphatic carbocycles. The lowest BCUT2D eigenvalue weighted by molar-refractivity contribution is -0.118. The first-order chi connectivity index (χ1) is 9.78. The third kappa shape index (κ3) is 2.02. The summed E-state index contributed by atoms with van der Waals surface area (Å²) < 4.78 is 0. The van der Waals surface area contributed by atoms with Crippen molar-refractivity contribution >= 4 is 27.5 Å². The number of halogens is 1. The number of benzene rings is 1. The zero-order valence-corrected chi connectivity index (χ0v) is 13.1. The fraction of sp³-hybridized carbons (Fsp3) is 0.588. The molecule has 1 amide bonds. The SMILES string of the molecule is O=C(Nc1ccc(CCBr)cc1)C1C2C3CCC(C3)C12. The second-order valence-electron chi connectivity index (χ2n) is 6.64. The zero-order chi connectivity index (χ0) is 13.7. The van der Waals surface area contributed by atoms with E-state index in [1.807, 2.05) is 12.1 Å². The molecule has 4 unspecified atom stereocenters. The molecule has 3 aliphatic rings. The maximum absolute atomic E-state index is 12.4. The Morgan fingerprint density at radius 1 is 1.15 bits per heavy atom. The van der Waals surface area contributed by atoms with Crippen LogP contribution in [0.2, 0.25) is 0 Å². The number of hydrogen-bond acceptors (Lipinski definition) is 1. The van der Waals surface area contributed by atoms with Crippen LogP contribution in [-0.4, -0.2) is 11.2 Å². The maximum Gasteiger partial charge on any atom is 0.228 e. The molecule has 0 radical (unpaired) electrons. The van der Waals surface area contributed by atoms with Gasteiger partial charge in [-0.3, -0.25) is 4.79 Å². The molecule has 0 heterocycles. The Kier molecular flexibility index (Phi) is 3.13. The van der Waals surface area contributed by atoms with E-state index < -0.39 is 0 Å². The molecule has 2 bridgehead atoms. The van der Waals surface area contributed by atoms with Crippen molar-refractivity contribution < 1.29 is 4.79 Å². The van der Waals surface area contributed by atoms with Gasteiger partial charge in [-0.1, -0.05) is 28.1 Å². The minimum atomic E-state index is 0.268. The summed E-state index contributed by atoms with van der Waals surface area (Å²) in [5, 5.41) is 4.10. The minimum Gasteiger partial charge on any atom is -0.326 e. The van der Waals surface area contributed by atoms with E-state index in [1.54, 1.807) is 0 Å². The number of carbonyl (C=O) groups excluding carboxylic acids is 1. The average molecular weight is 334 g/mol. The third-order valence-corrected chi connectivity index (χ3v) is 6.04. The highest BCUT2D eigenvalue weighted by Gasteiger charge is 2.67. The first-order valence-electron chi connectivity index (χ1n) is 7.73. The van der Waals surface area contributed by atoms with Crippen LogP contribution in [0.4, 0.5) is 5.69 Å². The Bertz CT molecular complexity index is 510. The van der Waals surface area contributed by atoms with E-state index in [1.165, 1.54) is 24.8 Å². The van der Waals surface area contributed by atoms with E-state index >= 15 is 0 Å². The van der Waals surface area contributed by atoms with Gasteiger partial charge in [-0.15, -0.1) is 0 Å². The number of fused-ring (bicyclic) bond motifs is 5. The van der Waals surface area contributed by atoms with Crippen LogP contribution in [0.5, 0.6) is 0 Å². The molecule has 3 heteroatoms. The quantitative estimate of drug-likeness (QED) is 0.833. The molecule has 4 atom stereocenters. The van der Waals surface area contributed by atoms with Crippen molar-refractivity contribution in [2.75, 3.05) is 10.6 Å². The van der Waals surface area contributed by atoms with Crippen molar-refractivity contribution in [2.45, 2.75) is 25.7 Å². The molecule has 20 heavy (non-hydrogen) atoms. The van der Waals surface area contributed by atoms with Crippen LogP contribution >= 0.6 is 15.9 Å². The molecule has 0 aromatic heterocycles. The number of aryl methyl sites for hydroxylation is 1. The fourth-order valence-corrected chi connectivity index (χ4v) is 5.22. The first kappa shape index (κ1) is 12.9. The molecule has 1 N–H and O–H groups in total. The second kappa shape index (κ2) is 4.87. The van der Waals surface area contributed by atoms with Crippen molar-refractivity contribution in [1.82, 2.24) is 0 Å². The molecule has 2 nitrogen and oxygen atoms in total. The second-order valence-corrected chi connectivity index (χ2v) is 7.43. The van der Waals surface area contributed by atoms with Gasteiger partial charge in [0.1, 0.15) is 0 Å². The van der Waals surface area contributed by atoms with E-state index in [4.69, 9.17) is 0 Å². The predicted molar refractivity (Wildman–Crippen MR) is 83.9 cm³/mol. The summed E-state index contributed by atoms with van der Waals surface area (Å²) in [5.41, 5.74) is 2.26. The van der Waals surface area contributed by atoms with Gasteiger partial charge in [0, 0.05) is 16.9 Å². The Morgan fingerprint density at radius 2 is 1.80 bits per heavy atom. The Hall–Kier alpha value is -0.830. The van der Waals surface area contributed by atoms with Crippen molar-refractivity contribution in [3.63, 3.8) is 0 Å². The van der Waals surface area contributed by atoms with Gasteiger partial charge < -0.3 is 5.32 Å². The summed E-state index contributed by atoms with van der Waals surface area (Å²) in [6.45, 7) is 0. The summed E-state index contributed by atoms with van der Waals surface area (Å²) in [6.07, 6.45) is 5.18. The van der Waals surface area contributed by atoms with Gasteiger partial charge in [-0.05, 0) is 67.1 Å². The van der Waals surface area contributed by atoms with Gasteiger partial charge in [-0.25, -0.2) is 0 Å². The van der Waals surface area contributed by atoms with Crippen LogP contribution in [0.15, 0.2) is 24.3 Å². The van der Waals surface area contributed by atoms with Crippen LogP contribution in [0, 0.1) is 29.6 Å². The van der Waals surface area contributed by atoms with Crippen LogP contribution in [0.25, 0.3) is 0 Å². The molecule has 3 fully saturated rings. The van der Waals surface area contributed by atoms with E-state index in [0.717, 1.165) is 41.1 Å². The monoisotopic (exact) mass is 333 g/mol. The number of hydrogen-bond donors (Lipinski definition) is 1. The number of amides is 1. The molecule has 0 aliphatic heterocycles. The Labute approximate surface area is 128 Å². The largest absolute Gasteiger partial charge is 0.326 e. The van der Waals surface area contributed by atoms with Crippen molar-refractivity contribution in [3.8, 4) is 0 Å². The average Bonchev–Trinajstić information content (AvgIpc) is 2.90. The summed E-state index contributed by atoms with van der Waals surface area (Å²) in [7, 11) is 0. The number of anilines is 1. The summed E-state index contributed by atoms with van der Waals surface area (Å²) >= 11 is 3.45. The Morgan fingerprint density at radius 3 is 2.40 bits per heavy atom. The fourth-order valence-electron chi connectivity index (χ4n) is 4.77. The van der Waals surface area contributed by atoms with Gasteiger partial charge in [0.25, 0.3) is 0 Å². The van der Waals surface area contributed by atoms with Gasteiger partial charge in [0.05, 0.1) is 0 Å². The maximum atomic E-state index is 12.4. The van der Waals surface area contributed by atoms with Gasteiger partial charge >= 0.3 is 0 Å². The molecule has 0 spiro atoms. The summed E-state index contributed by atoms with van der Waals surface area (Å²) in [5.74, 6) is 3.76. The molecule has 0 saturated heterocycles. The number of alkyl halides is 1. The van der Waals surface area contributed by atoms with E-state index in [0.29, 0.717) is 5.92 Å². The highest BCUT2D eigenvalue weighted by molar-refractivity contribution is 9.09. The number of rotatable bonds is 4. The van der Waals surface area contributed by atoms with Crippen LogP contribution in [0.1, 0.15) is 24.8 Å². The van der Waals surface area contributed by atoms with E-state index in [-0.39, 0.29) is 5.91 Å². The normalized spacial score (nSPS) is 36.8. The molecule has 3 saturated carbocycles. The number of nitrogens with one attached hydrogen (secondary N) is 1. The number of carbonyl (C=O) groups is 1. The lowest BCUT2D eigenvalue weighted by Gasteiger charge is -2.10. The lowest BCUT2D eigenvalue weighted by atomic mass is 10.0. The first-order valence-corrected chi connectivity index (χ1v) is 8.86. The highest BCUT2D eigenvalue weighted by Crippen LogP contribution is 2.69. The summed E-state index contributed by atoms with van der Waals surface area (Å²) in [6, 6.07) is 8.27. The molecule has 106 valence electrons. The van der Waals surface area contributed by atoms with Crippen LogP contribution in [0.3, 0.4) is 0 Å². The van der Waals surface area contributed by atoms with E-state index in [2.05, 4.69) is 33.4 Å². The van der Waals surface area contributed by atoms with Crippen molar-refractivity contribution in [2.24, 2.45) is 29.6 Å². The lowest BCUT2D eigenvalue weighted by Crippen LogP contribution is -2.18. The smallest absolute Gasteiger partial charge is 0.228 e. The molecular formula is C17H20BrNO. The van der Waals surface area contributed by atoms with Crippen molar-refractivity contribution in [1.29, 1.82) is 0 Å². The Balaban J connectivity index is 1.39. The van der Waals surface area contributed by atoms with Crippen molar-refractivity contribution in [3.05, 3.63) is 29.8 Å². The third-order valence-electron chi connectivity index (χ3n) is 5.64. The predicted octanol–water partition coefficient (Wildman–Crippen LogP) is 3.85. The minimum absolute atomic E-state index is 0.268. The van der Waals surface area contributed by atoms with Gasteiger partial charge in [-0.2, -0.15) is 0 Å². The molecule has 1 aromatic carbocycles. The standard InChI is InChI=1S/C17H20BrNO/c18-8-7-10-1-5-13(6-2-10)19-17(20)16-14-11-3-4-12(9-11)15(14)16/h1-2,5-6,11-12,14-16H,3-4,7-9H2,(H,19,20). The zero-order valence-electron chi connectivity index (χ0n) is 11.5. The summed E-state index contributed by atoms with van der Waals surface area (Å²) in [4.78, 5) is 12.4. The van der Waals surface area contributed by atoms with Crippen LogP contribution in [-0.2, 0) is 11.2 Å². The highest BCUT2D eigenvalue weighted by atomic mass is 79.9.